The van der Waals surface area contributed by atoms with E-state index in [1.54, 1.807) is 4.40 Å². The lowest BCUT2D eigenvalue weighted by Gasteiger charge is -2.52. The van der Waals surface area contributed by atoms with E-state index in [2.05, 4.69) is 74.2 Å². The normalized spacial score (nSPS) is 23.0. The van der Waals surface area contributed by atoms with E-state index in [0.717, 1.165) is 93.0 Å². The van der Waals surface area contributed by atoms with Crippen molar-refractivity contribution in [1.82, 2.24) is 54.4 Å². The van der Waals surface area contributed by atoms with E-state index in [1.807, 2.05) is 122 Å². The van der Waals surface area contributed by atoms with Crippen molar-refractivity contribution in [2.75, 3.05) is 33.1 Å². The molecule has 0 unspecified atom stereocenters. The zero-order valence-corrected chi connectivity index (χ0v) is 43.1. The summed E-state index contributed by atoms with van der Waals surface area (Å²) < 4.78 is 3.65. The number of nitrogens with two attached hydrogens (primary N) is 2. The number of hydrogen-bond acceptors (Lipinski definition) is 14. The minimum Gasteiger partial charge on any atom is -0.389 e. The largest absolute Gasteiger partial charge is 0.389 e. The molecule has 380 valence electrons. The Labute approximate surface area is 438 Å². The summed E-state index contributed by atoms with van der Waals surface area (Å²) in [7, 11) is 7.63. The lowest BCUT2D eigenvalue weighted by atomic mass is 9.60. The highest BCUT2D eigenvalue weighted by molar-refractivity contribution is 6.29. The van der Waals surface area contributed by atoms with Crippen molar-refractivity contribution in [2.45, 2.75) is 73.6 Å². The third-order valence-electron chi connectivity index (χ3n) is 15.5. The fraction of sp³-hybridized carbons (Fsp3) is 0.310. The van der Waals surface area contributed by atoms with E-state index < -0.39 is 22.3 Å². The maximum atomic E-state index is 10.8. The molecule has 4 saturated carbocycles. The van der Waals surface area contributed by atoms with Crippen molar-refractivity contribution in [3.8, 4) is 45.0 Å². The molecule has 4 aromatic carbocycles. The van der Waals surface area contributed by atoms with Gasteiger partial charge in [0.05, 0.1) is 34.0 Å². The Hall–Kier alpha value is -7.31. The first-order valence-electron chi connectivity index (χ1n) is 25.6. The predicted molar refractivity (Wildman–Crippen MR) is 294 cm³/mol. The van der Waals surface area contributed by atoms with Crippen molar-refractivity contribution >= 4 is 51.2 Å². The molecule has 6 aromatic heterocycles. The molecule has 10 aromatic rings. The first kappa shape index (κ1) is 48.6. The monoisotopic (exact) mass is 1020 g/mol. The number of aromatic nitrogens is 10. The first-order chi connectivity index (χ1) is 36.2. The average Bonchev–Trinajstić information content (AvgIpc) is 4.36. The highest BCUT2D eigenvalue weighted by Gasteiger charge is 2.60. The zero-order chi connectivity index (χ0) is 51.9. The van der Waals surface area contributed by atoms with Crippen LogP contribution >= 0.6 is 11.6 Å². The number of fused-ring (bicyclic) bond motifs is 6. The van der Waals surface area contributed by atoms with Crippen molar-refractivity contribution in [2.24, 2.45) is 23.3 Å². The average molecular weight is 1020 g/mol. The first-order valence-corrected chi connectivity index (χ1v) is 26.0. The van der Waals surface area contributed by atoms with E-state index >= 15 is 0 Å². The van der Waals surface area contributed by atoms with E-state index in [-0.39, 0.29) is 5.28 Å². The molecule has 0 aliphatic heterocycles. The van der Waals surface area contributed by atoms with Crippen LogP contribution in [0.25, 0.3) is 78.7 Å². The van der Waals surface area contributed by atoms with Crippen LogP contribution in [0.4, 0.5) is 5.95 Å². The van der Waals surface area contributed by atoms with E-state index in [0.29, 0.717) is 65.9 Å². The quantitative estimate of drug-likeness (QED) is 0.0913. The molecule has 0 atom stereocenters. The Balaban J connectivity index is 0.000000145. The van der Waals surface area contributed by atoms with Gasteiger partial charge in [0.25, 0.3) is 0 Å². The number of nitrogens with one attached hydrogen (secondary N) is 1. The topological polar surface area (TPSA) is 220 Å². The van der Waals surface area contributed by atoms with Gasteiger partial charge in [-0.15, -0.1) is 20.4 Å². The van der Waals surface area contributed by atoms with Crippen LogP contribution in [-0.2, 0) is 11.1 Å². The molecule has 0 radical (unpaired) electrons. The van der Waals surface area contributed by atoms with Gasteiger partial charge in [0.1, 0.15) is 11.0 Å². The molecule has 4 aliphatic carbocycles. The molecule has 4 fully saturated rings. The lowest BCUT2D eigenvalue weighted by molar-refractivity contribution is -0.107. The molecule has 17 heteroatoms. The molecule has 0 spiro atoms. The van der Waals surface area contributed by atoms with Gasteiger partial charge in [0.2, 0.25) is 11.2 Å². The predicted octanol–water partition coefficient (Wildman–Crippen LogP) is 8.75. The highest BCUT2D eigenvalue weighted by atomic mass is 35.5. The fourth-order valence-corrected chi connectivity index (χ4v) is 11.6. The summed E-state index contributed by atoms with van der Waals surface area (Å²) in [5.41, 5.74) is 24.4. The van der Waals surface area contributed by atoms with Crippen LogP contribution < -0.4 is 21.7 Å². The summed E-state index contributed by atoms with van der Waals surface area (Å²) >= 11 is 6.32. The number of rotatable bonds is 9. The highest BCUT2D eigenvalue weighted by Crippen LogP contribution is 2.58. The molecule has 0 saturated heterocycles. The standard InChI is InChI=1S/C29H29N7O.C27H23ClN6O.C2H7N/c1-35(2)27-34-33-23-15-14-22-26(36(23)27)32-25(18-6-4-3-5-7-18)24(31-22)19-8-10-20(11-9-19)28(30)16-29(37,17-28)21-12-13-21;28-25-33-32-21-13-12-20-24(34(21)25)31-23(16-4-2-1-3-5-16)22(30-20)17-6-8-18(9-7-17)26(29)14-27(35,15-26)19-10-11-19;1-3-2/h3-11,14-15,21,37H,12-13,16-17,30H2,1-2H3;1-9,12-13,19,35H,10-11,14-15,29H2;3H,1-2H3. The number of anilines is 1. The van der Waals surface area contributed by atoms with E-state index in [9.17, 15) is 10.2 Å². The van der Waals surface area contributed by atoms with Gasteiger partial charge in [-0.1, -0.05) is 109 Å². The van der Waals surface area contributed by atoms with Crippen molar-refractivity contribution < 1.29 is 10.2 Å². The molecule has 14 rings (SSSR count). The smallest absolute Gasteiger partial charge is 0.232 e. The van der Waals surface area contributed by atoms with E-state index in [1.165, 1.54) is 0 Å². The van der Waals surface area contributed by atoms with Crippen LogP contribution in [0.2, 0.25) is 5.28 Å². The van der Waals surface area contributed by atoms with Crippen LogP contribution in [0.3, 0.4) is 0 Å². The Morgan fingerprint density at radius 3 is 1.29 bits per heavy atom. The third-order valence-corrected chi connectivity index (χ3v) is 15.7. The minimum absolute atomic E-state index is 0.246. The van der Waals surface area contributed by atoms with Gasteiger partial charge in [-0.25, -0.2) is 28.7 Å². The van der Waals surface area contributed by atoms with Gasteiger partial charge in [0.15, 0.2) is 22.6 Å². The third kappa shape index (κ3) is 8.74. The van der Waals surface area contributed by atoms with Gasteiger partial charge < -0.3 is 31.9 Å². The summed E-state index contributed by atoms with van der Waals surface area (Å²) in [6, 6.07) is 44.2. The Bertz CT molecular complexity index is 3730. The molecule has 6 heterocycles. The number of hydrogen-bond donors (Lipinski definition) is 5. The molecule has 16 nitrogen and oxygen atoms in total. The summed E-state index contributed by atoms with van der Waals surface area (Å²) in [5, 5.41) is 41.4. The van der Waals surface area contributed by atoms with Gasteiger partial charge in [0, 0.05) is 47.4 Å². The number of nitrogens with zero attached hydrogens (tertiary/aromatic N) is 11. The second-order valence-electron chi connectivity index (χ2n) is 21.3. The Kier molecular flexibility index (Phi) is 12.0. The molecule has 0 bridgehead atoms. The maximum absolute atomic E-state index is 10.8. The molecular formula is C58H59ClN14O2. The van der Waals surface area contributed by atoms with Crippen LogP contribution in [-0.4, -0.2) is 98.7 Å². The van der Waals surface area contributed by atoms with Crippen LogP contribution in [0.15, 0.2) is 133 Å². The van der Waals surface area contributed by atoms with Crippen molar-refractivity contribution in [3.05, 3.63) is 150 Å². The van der Waals surface area contributed by atoms with Crippen LogP contribution in [0.5, 0.6) is 0 Å². The minimum atomic E-state index is -0.591. The Morgan fingerprint density at radius 2 is 0.880 bits per heavy atom. The van der Waals surface area contributed by atoms with Gasteiger partial charge >= 0.3 is 0 Å². The fourth-order valence-electron chi connectivity index (χ4n) is 11.4. The van der Waals surface area contributed by atoms with Gasteiger partial charge in [-0.3, -0.25) is 0 Å². The maximum Gasteiger partial charge on any atom is 0.232 e. The molecule has 7 N–H and O–H groups in total. The Morgan fingerprint density at radius 1 is 0.507 bits per heavy atom. The lowest BCUT2D eigenvalue weighted by Crippen LogP contribution is -2.60. The summed E-state index contributed by atoms with van der Waals surface area (Å²) in [4.78, 5) is 22.2. The molecule has 75 heavy (non-hydrogen) atoms. The molecule has 0 amide bonds. The molecular weight excluding hydrogens is 960 g/mol. The van der Waals surface area contributed by atoms with Gasteiger partial charge in [-0.2, -0.15) is 0 Å². The summed E-state index contributed by atoms with van der Waals surface area (Å²) in [6.07, 6.45) is 6.94. The SMILES string of the molecule is CN(C)c1nnc2ccc3nc(-c4ccc(C5(N)CC(O)(C6CC6)C5)cc4)c(-c4ccccc4)nc3n12.CNC.NC1(c2ccc(-c3nc4ccc5nnc(Cl)n5c4nc3-c3ccccc3)cc2)CC(O)(C2CC2)C1. The van der Waals surface area contributed by atoms with Crippen LogP contribution in [0, 0.1) is 11.8 Å². The summed E-state index contributed by atoms with van der Waals surface area (Å²) in [5.74, 6) is 1.55. The van der Waals surface area contributed by atoms with Crippen molar-refractivity contribution in [3.63, 3.8) is 0 Å². The van der Waals surface area contributed by atoms with Crippen molar-refractivity contribution in [1.29, 1.82) is 0 Å². The van der Waals surface area contributed by atoms with Crippen LogP contribution in [0.1, 0.15) is 62.5 Å². The second kappa shape index (κ2) is 18.5. The number of aliphatic hydroxyl groups is 2. The number of pyridine rings is 2. The zero-order valence-electron chi connectivity index (χ0n) is 42.4. The molecule has 4 aliphatic rings. The second-order valence-corrected chi connectivity index (χ2v) is 21.7. The summed E-state index contributed by atoms with van der Waals surface area (Å²) in [6.45, 7) is 0. The van der Waals surface area contributed by atoms with Gasteiger partial charge in [-0.05, 0) is 124 Å². The number of benzene rings is 4. The van der Waals surface area contributed by atoms with E-state index in [4.69, 9.17) is 43.0 Å². The number of halogens is 1.